The topological polar surface area (TPSA) is 41.5 Å². The highest BCUT2D eigenvalue weighted by Crippen LogP contribution is 2.26. The Balaban J connectivity index is 2.63. The standard InChI is InChI=1S/C16H27NO2/c1-6-16(3,4)11-17-10-14(18)13-9-12(2)7-8-15(13)19-5/h7-9,14,17-18H,6,10-11H2,1-5H3. The van der Waals surface area contributed by atoms with Gasteiger partial charge in [0.2, 0.25) is 0 Å². The summed E-state index contributed by atoms with van der Waals surface area (Å²) in [6.07, 6.45) is 0.576. The molecule has 0 fully saturated rings. The molecule has 0 bridgehead atoms. The minimum Gasteiger partial charge on any atom is -0.496 e. The lowest BCUT2D eigenvalue weighted by Gasteiger charge is -2.24. The van der Waals surface area contributed by atoms with Crippen molar-refractivity contribution in [1.82, 2.24) is 5.32 Å². The minimum atomic E-state index is -0.539. The highest BCUT2D eigenvalue weighted by Gasteiger charge is 2.17. The summed E-state index contributed by atoms with van der Waals surface area (Å²) in [5.41, 5.74) is 2.24. The third-order valence-corrected chi connectivity index (χ3v) is 3.64. The number of hydrogen-bond acceptors (Lipinski definition) is 3. The second-order valence-corrected chi connectivity index (χ2v) is 5.91. The van der Waals surface area contributed by atoms with Crippen LogP contribution in [0.1, 0.15) is 44.4 Å². The van der Waals surface area contributed by atoms with Crippen molar-refractivity contribution in [2.24, 2.45) is 5.41 Å². The molecule has 19 heavy (non-hydrogen) atoms. The van der Waals surface area contributed by atoms with Crippen LogP contribution in [-0.2, 0) is 0 Å². The molecular weight excluding hydrogens is 238 g/mol. The first-order valence-corrected chi connectivity index (χ1v) is 6.93. The first kappa shape index (κ1) is 16.0. The molecular formula is C16H27NO2. The van der Waals surface area contributed by atoms with E-state index in [1.54, 1.807) is 7.11 Å². The number of aliphatic hydroxyl groups excluding tert-OH is 1. The lowest BCUT2D eigenvalue weighted by Crippen LogP contribution is -2.32. The Kier molecular flexibility index (Phi) is 5.83. The molecule has 1 unspecified atom stereocenters. The van der Waals surface area contributed by atoms with E-state index in [2.05, 4.69) is 26.1 Å². The minimum absolute atomic E-state index is 0.260. The molecule has 0 aliphatic heterocycles. The molecule has 0 heterocycles. The fourth-order valence-electron chi connectivity index (χ4n) is 1.90. The Morgan fingerprint density at radius 1 is 1.37 bits per heavy atom. The first-order chi connectivity index (χ1) is 8.89. The van der Waals surface area contributed by atoms with E-state index in [1.807, 2.05) is 25.1 Å². The van der Waals surface area contributed by atoms with E-state index >= 15 is 0 Å². The van der Waals surface area contributed by atoms with Crippen LogP contribution in [0.15, 0.2) is 18.2 Å². The third kappa shape index (κ3) is 4.84. The van der Waals surface area contributed by atoms with Crippen molar-refractivity contribution >= 4 is 0 Å². The van der Waals surface area contributed by atoms with Gasteiger partial charge in [-0.2, -0.15) is 0 Å². The summed E-state index contributed by atoms with van der Waals surface area (Å²) in [6.45, 7) is 10.1. The van der Waals surface area contributed by atoms with Crippen LogP contribution in [0.4, 0.5) is 0 Å². The van der Waals surface area contributed by atoms with Gasteiger partial charge in [-0.15, -0.1) is 0 Å². The molecule has 1 aromatic rings. The van der Waals surface area contributed by atoms with Crippen molar-refractivity contribution in [1.29, 1.82) is 0 Å². The third-order valence-electron chi connectivity index (χ3n) is 3.64. The number of aliphatic hydroxyl groups is 1. The van der Waals surface area contributed by atoms with E-state index in [4.69, 9.17) is 4.74 Å². The van der Waals surface area contributed by atoms with Crippen molar-refractivity contribution in [2.45, 2.75) is 40.2 Å². The number of methoxy groups -OCH3 is 1. The Hall–Kier alpha value is -1.06. The number of benzene rings is 1. The van der Waals surface area contributed by atoms with Crippen molar-refractivity contribution in [3.05, 3.63) is 29.3 Å². The van der Waals surface area contributed by atoms with Crippen LogP contribution in [0.5, 0.6) is 5.75 Å². The largest absolute Gasteiger partial charge is 0.496 e. The highest BCUT2D eigenvalue weighted by atomic mass is 16.5. The molecule has 0 saturated heterocycles. The van der Waals surface area contributed by atoms with Gasteiger partial charge in [0.05, 0.1) is 13.2 Å². The predicted octanol–water partition coefficient (Wildman–Crippen LogP) is 3.06. The van der Waals surface area contributed by atoms with Gasteiger partial charge >= 0.3 is 0 Å². The van der Waals surface area contributed by atoms with Crippen molar-refractivity contribution in [3.63, 3.8) is 0 Å². The quantitative estimate of drug-likeness (QED) is 0.796. The van der Waals surface area contributed by atoms with Crippen molar-refractivity contribution in [3.8, 4) is 5.75 Å². The number of ether oxygens (including phenoxy) is 1. The van der Waals surface area contributed by atoms with Crippen molar-refractivity contribution < 1.29 is 9.84 Å². The molecule has 1 atom stereocenters. The van der Waals surface area contributed by atoms with Crippen LogP contribution in [0.25, 0.3) is 0 Å². The Bertz CT molecular complexity index is 402. The van der Waals surface area contributed by atoms with Crippen molar-refractivity contribution in [2.75, 3.05) is 20.2 Å². The van der Waals surface area contributed by atoms with E-state index < -0.39 is 6.10 Å². The molecule has 0 spiro atoms. The molecule has 108 valence electrons. The maximum Gasteiger partial charge on any atom is 0.124 e. The Labute approximate surface area is 117 Å². The molecule has 0 aliphatic carbocycles. The van der Waals surface area contributed by atoms with Gasteiger partial charge in [-0.1, -0.05) is 32.4 Å². The zero-order valence-corrected chi connectivity index (χ0v) is 12.8. The number of hydrogen-bond donors (Lipinski definition) is 2. The molecule has 0 aliphatic rings. The molecule has 0 amide bonds. The maximum absolute atomic E-state index is 10.3. The van der Waals surface area contributed by atoms with Gasteiger partial charge in [-0.05, 0) is 30.9 Å². The maximum atomic E-state index is 10.3. The summed E-state index contributed by atoms with van der Waals surface area (Å²) >= 11 is 0. The zero-order chi connectivity index (χ0) is 14.5. The summed E-state index contributed by atoms with van der Waals surface area (Å²) in [5, 5.41) is 13.6. The number of nitrogens with one attached hydrogen (secondary N) is 1. The Morgan fingerprint density at radius 3 is 2.63 bits per heavy atom. The summed E-state index contributed by atoms with van der Waals surface area (Å²) < 4.78 is 5.30. The van der Waals surface area contributed by atoms with Crippen LogP contribution in [0.2, 0.25) is 0 Å². The molecule has 3 nitrogen and oxygen atoms in total. The van der Waals surface area contributed by atoms with Crippen LogP contribution in [0.3, 0.4) is 0 Å². The summed E-state index contributed by atoms with van der Waals surface area (Å²) in [5.74, 6) is 0.745. The monoisotopic (exact) mass is 265 g/mol. The van der Waals surface area contributed by atoms with Gasteiger partial charge in [-0.3, -0.25) is 0 Å². The lowest BCUT2D eigenvalue weighted by molar-refractivity contribution is 0.164. The first-order valence-electron chi connectivity index (χ1n) is 6.93. The average molecular weight is 265 g/mol. The molecule has 3 heteroatoms. The summed E-state index contributed by atoms with van der Waals surface area (Å²) in [7, 11) is 1.63. The molecule has 0 radical (unpaired) electrons. The highest BCUT2D eigenvalue weighted by molar-refractivity contribution is 5.38. The van der Waals surface area contributed by atoms with Crippen LogP contribution in [-0.4, -0.2) is 25.3 Å². The van der Waals surface area contributed by atoms with Gasteiger partial charge in [0.25, 0.3) is 0 Å². The fraction of sp³-hybridized carbons (Fsp3) is 0.625. The molecule has 0 aromatic heterocycles. The van der Waals surface area contributed by atoms with E-state index in [0.29, 0.717) is 6.54 Å². The average Bonchev–Trinajstić information content (AvgIpc) is 2.38. The summed E-state index contributed by atoms with van der Waals surface area (Å²) in [4.78, 5) is 0. The predicted molar refractivity (Wildman–Crippen MR) is 79.6 cm³/mol. The van der Waals surface area contributed by atoms with Gasteiger partial charge < -0.3 is 15.2 Å². The van der Waals surface area contributed by atoms with E-state index in [1.165, 1.54) is 0 Å². The smallest absolute Gasteiger partial charge is 0.124 e. The van der Waals surface area contributed by atoms with Gasteiger partial charge in [-0.25, -0.2) is 0 Å². The molecule has 1 aromatic carbocycles. The summed E-state index contributed by atoms with van der Waals surface area (Å²) in [6, 6.07) is 5.88. The number of rotatable bonds is 7. The second kappa shape index (κ2) is 6.92. The second-order valence-electron chi connectivity index (χ2n) is 5.91. The SMILES string of the molecule is CCC(C)(C)CNCC(O)c1cc(C)ccc1OC. The zero-order valence-electron chi connectivity index (χ0n) is 12.8. The normalized spacial score (nSPS) is 13.4. The van der Waals surface area contributed by atoms with E-state index in [0.717, 1.165) is 29.8 Å². The van der Waals surface area contributed by atoms with Gasteiger partial charge in [0, 0.05) is 18.7 Å². The molecule has 1 rings (SSSR count). The van der Waals surface area contributed by atoms with Gasteiger partial charge in [0.15, 0.2) is 0 Å². The molecule has 0 saturated carbocycles. The van der Waals surface area contributed by atoms with Crippen LogP contribution < -0.4 is 10.1 Å². The van der Waals surface area contributed by atoms with E-state index in [-0.39, 0.29) is 5.41 Å². The number of aryl methyl sites for hydroxylation is 1. The van der Waals surface area contributed by atoms with Gasteiger partial charge in [0.1, 0.15) is 5.75 Å². The Morgan fingerprint density at radius 2 is 2.05 bits per heavy atom. The lowest BCUT2D eigenvalue weighted by atomic mass is 9.90. The fourth-order valence-corrected chi connectivity index (χ4v) is 1.90. The molecule has 2 N–H and O–H groups in total. The van der Waals surface area contributed by atoms with E-state index in [9.17, 15) is 5.11 Å². The van der Waals surface area contributed by atoms with Crippen LogP contribution >= 0.6 is 0 Å². The van der Waals surface area contributed by atoms with Crippen LogP contribution in [0, 0.1) is 12.3 Å².